The zero-order valence-electron chi connectivity index (χ0n) is 12.6. The summed E-state index contributed by atoms with van der Waals surface area (Å²) in [4.78, 5) is 2.47. The second-order valence-corrected chi connectivity index (χ2v) is 6.66. The molecule has 3 heteroatoms. The van der Waals surface area contributed by atoms with E-state index in [9.17, 15) is 0 Å². The van der Waals surface area contributed by atoms with Gasteiger partial charge >= 0.3 is 0 Å². The molecule has 2 nitrogen and oxygen atoms in total. The van der Waals surface area contributed by atoms with E-state index in [-0.39, 0.29) is 6.04 Å². The first-order valence-corrected chi connectivity index (χ1v) is 8.23. The van der Waals surface area contributed by atoms with Gasteiger partial charge in [0.2, 0.25) is 0 Å². The Morgan fingerprint density at radius 3 is 2.71 bits per heavy atom. The van der Waals surface area contributed by atoms with Crippen molar-refractivity contribution in [3.8, 4) is 5.75 Å². The molecular formula is C18H21NOS. The normalized spacial score (nSPS) is 14.8. The van der Waals surface area contributed by atoms with Crippen LogP contribution >= 0.6 is 11.8 Å². The molecule has 2 N–H and O–H groups in total. The van der Waals surface area contributed by atoms with E-state index in [2.05, 4.69) is 24.3 Å². The molecule has 2 aromatic carbocycles. The van der Waals surface area contributed by atoms with Gasteiger partial charge in [0.05, 0.1) is 7.11 Å². The molecule has 0 amide bonds. The van der Waals surface area contributed by atoms with Crippen LogP contribution in [0.3, 0.4) is 0 Å². The highest BCUT2D eigenvalue weighted by Gasteiger charge is 2.16. The maximum atomic E-state index is 6.14. The Balaban J connectivity index is 1.94. The molecule has 3 rings (SSSR count). The number of ether oxygens (including phenoxy) is 1. The predicted octanol–water partition coefficient (Wildman–Crippen LogP) is 4.35. The molecule has 0 aliphatic heterocycles. The highest BCUT2D eigenvalue weighted by atomic mass is 32.2. The Labute approximate surface area is 130 Å². The van der Waals surface area contributed by atoms with Gasteiger partial charge < -0.3 is 10.5 Å². The molecule has 1 aliphatic rings. The fourth-order valence-corrected chi connectivity index (χ4v) is 4.11. The van der Waals surface area contributed by atoms with Gasteiger partial charge in [-0.05, 0) is 61.6 Å². The van der Waals surface area contributed by atoms with Crippen molar-refractivity contribution >= 4 is 11.8 Å². The lowest BCUT2D eigenvalue weighted by Gasteiger charge is -2.16. The molecule has 0 radical (unpaired) electrons. The number of fused-ring (bicyclic) bond motifs is 1. The summed E-state index contributed by atoms with van der Waals surface area (Å²) in [6.07, 6.45) is 3.72. The molecule has 1 atom stereocenters. The molecule has 0 bridgehead atoms. The number of methoxy groups -OCH3 is 1. The van der Waals surface area contributed by atoms with Gasteiger partial charge in [-0.25, -0.2) is 0 Å². The topological polar surface area (TPSA) is 35.2 Å². The van der Waals surface area contributed by atoms with Crippen LogP contribution in [0.15, 0.2) is 46.2 Å². The molecule has 0 aromatic heterocycles. The van der Waals surface area contributed by atoms with Crippen LogP contribution in [0.2, 0.25) is 0 Å². The minimum atomic E-state index is -0.0434. The average molecular weight is 299 g/mol. The summed E-state index contributed by atoms with van der Waals surface area (Å²) in [6, 6.07) is 12.9. The zero-order valence-corrected chi connectivity index (χ0v) is 13.4. The number of benzene rings is 2. The second-order valence-electron chi connectivity index (χ2n) is 5.55. The monoisotopic (exact) mass is 299 g/mol. The van der Waals surface area contributed by atoms with Crippen molar-refractivity contribution in [2.24, 2.45) is 5.73 Å². The van der Waals surface area contributed by atoms with Gasteiger partial charge in [-0.15, -0.1) is 0 Å². The predicted molar refractivity (Wildman–Crippen MR) is 88.2 cm³/mol. The van der Waals surface area contributed by atoms with Gasteiger partial charge in [0.15, 0.2) is 0 Å². The second kappa shape index (κ2) is 6.12. The molecule has 0 fully saturated rings. The Kier molecular flexibility index (Phi) is 4.22. The van der Waals surface area contributed by atoms with Gasteiger partial charge in [-0.2, -0.15) is 0 Å². The van der Waals surface area contributed by atoms with Gasteiger partial charge in [0, 0.05) is 21.4 Å². The summed E-state index contributed by atoms with van der Waals surface area (Å²) in [5, 5.41) is 0. The van der Waals surface area contributed by atoms with E-state index in [1.165, 1.54) is 40.2 Å². The van der Waals surface area contributed by atoms with Crippen LogP contribution in [0.25, 0.3) is 0 Å². The van der Waals surface area contributed by atoms with Crippen LogP contribution < -0.4 is 10.5 Å². The number of aryl methyl sites for hydroxylation is 2. The van der Waals surface area contributed by atoms with Crippen molar-refractivity contribution in [1.29, 1.82) is 0 Å². The van der Waals surface area contributed by atoms with Crippen LogP contribution in [0.1, 0.15) is 36.1 Å². The minimum Gasteiger partial charge on any atom is -0.496 e. The maximum Gasteiger partial charge on any atom is 0.124 e. The first-order valence-electron chi connectivity index (χ1n) is 7.41. The van der Waals surface area contributed by atoms with Crippen molar-refractivity contribution in [2.45, 2.75) is 42.0 Å². The molecule has 0 saturated carbocycles. The third kappa shape index (κ3) is 2.94. The van der Waals surface area contributed by atoms with Crippen LogP contribution in [-0.4, -0.2) is 7.11 Å². The van der Waals surface area contributed by atoms with Crippen molar-refractivity contribution in [3.63, 3.8) is 0 Å². The van der Waals surface area contributed by atoms with E-state index in [1.807, 2.05) is 19.1 Å². The third-order valence-corrected chi connectivity index (χ3v) is 5.06. The number of hydrogen-bond donors (Lipinski definition) is 1. The zero-order chi connectivity index (χ0) is 14.8. The summed E-state index contributed by atoms with van der Waals surface area (Å²) in [6.45, 7) is 2.00. The van der Waals surface area contributed by atoms with Crippen LogP contribution in [-0.2, 0) is 12.8 Å². The van der Waals surface area contributed by atoms with E-state index in [0.717, 1.165) is 11.3 Å². The number of rotatable bonds is 4. The molecule has 0 heterocycles. The number of hydrogen-bond acceptors (Lipinski definition) is 3. The van der Waals surface area contributed by atoms with Crippen LogP contribution in [0, 0.1) is 0 Å². The van der Waals surface area contributed by atoms with Crippen LogP contribution in [0.5, 0.6) is 5.75 Å². The maximum absolute atomic E-state index is 6.14. The first-order chi connectivity index (χ1) is 10.2. The standard InChI is InChI=1S/C18H21NOS/c1-12(19)18-16(20-2)7-4-8-17(18)21-15-10-9-13-5-3-6-14(13)11-15/h4,7-12H,3,5-6,19H2,1-2H3/t12-/m1/s1. The molecule has 0 saturated heterocycles. The molecule has 2 aromatic rings. The highest BCUT2D eigenvalue weighted by Crippen LogP contribution is 2.38. The first kappa shape index (κ1) is 14.5. The summed E-state index contributed by atoms with van der Waals surface area (Å²) < 4.78 is 5.47. The number of nitrogens with two attached hydrogens (primary N) is 1. The average Bonchev–Trinajstić information content (AvgIpc) is 2.94. The Morgan fingerprint density at radius 2 is 1.95 bits per heavy atom. The van der Waals surface area contributed by atoms with E-state index < -0.39 is 0 Å². The quantitative estimate of drug-likeness (QED) is 0.911. The molecule has 21 heavy (non-hydrogen) atoms. The lowest BCUT2D eigenvalue weighted by molar-refractivity contribution is 0.405. The van der Waals surface area contributed by atoms with Gasteiger partial charge in [-0.3, -0.25) is 0 Å². The highest BCUT2D eigenvalue weighted by molar-refractivity contribution is 7.99. The molecule has 0 spiro atoms. The van der Waals surface area contributed by atoms with Crippen molar-refractivity contribution in [3.05, 3.63) is 53.1 Å². The van der Waals surface area contributed by atoms with E-state index in [0.29, 0.717) is 0 Å². The van der Waals surface area contributed by atoms with E-state index in [4.69, 9.17) is 10.5 Å². The largest absolute Gasteiger partial charge is 0.496 e. The summed E-state index contributed by atoms with van der Waals surface area (Å²) in [5.74, 6) is 0.871. The lowest BCUT2D eigenvalue weighted by atomic mass is 10.1. The van der Waals surface area contributed by atoms with Crippen molar-refractivity contribution < 1.29 is 4.74 Å². The van der Waals surface area contributed by atoms with Gasteiger partial charge in [0.1, 0.15) is 5.75 Å². The summed E-state index contributed by atoms with van der Waals surface area (Å²) in [7, 11) is 1.70. The fraction of sp³-hybridized carbons (Fsp3) is 0.333. The molecular weight excluding hydrogens is 278 g/mol. The molecule has 110 valence electrons. The minimum absolute atomic E-state index is 0.0434. The third-order valence-electron chi connectivity index (χ3n) is 4.00. The van der Waals surface area contributed by atoms with E-state index >= 15 is 0 Å². The fourth-order valence-electron chi connectivity index (χ4n) is 2.98. The smallest absolute Gasteiger partial charge is 0.124 e. The summed E-state index contributed by atoms with van der Waals surface area (Å²) >= 11 is 1.78. The Hall–Kier alpha value is -1.45. The van der Waals surface area contributed by atoms with Crippen molar-refractivity contribution in [1.82, 2.24) is 0 Å². The molecule has 1 aliphatic carbocycles. The summed E-state index contributed by atoms with van der Waals surface area (Å²) in [5.41, 5.74) is 10.2. The van der Waals surface area contributed by atoms with Gasteiger partial charge in [-0.1, -0.05) is 23.9 Å². The lowest BCUT2D eigenvalue weighted by Crippen LogP contribution is -2.08. The SMILES string of the molecule is COc1cccc(Sc2ccc3c(c2)CCC3)c1[C@@H](C)N. The Morgan fingerprint density at radius 1 is 1.14 bits per heavy atom. The van der Waals surface area contributed by atoms with E-state index in [1.54, 1.807) is 18.9 Å². The van der Waals surface area contributed by atoms with Gasteiger partial charge in [0.25, 0.3) is 0 Å². The van der Waals surface area contributed by atoms with Crippen molar-refractivity contribution in [2.75, 3.05) is 7.11 Å². The van der Waals surface area contributed by atoms with Crippen LogP contribution in [0.4, 0.5) is 0 Å². The molecule has 0 unspecified atom stereocenters. The Bertz CT molecular complexity index is 652.